The predicted octanol–water partition coefficient (Wildman–Crippen LogP) is 18.4. The van der Waals surface area contributed by atoms with Gasteiger partial charge in [-0.3, -0.25) is 9.80 Å². The maximum absolute atomic E-state index is 18.4. The molecule has 2 unspecified atom stereocenters. The lowest BCUT2D eigenvalue weighted by atomic mass is 10.1. The van der Waals surface area contributed by atoms with Crippen LogP contribution in [0.3, 0.4) is 0 Å². The molecule has 0 fully saturated rings. The molecule has 0 radical (unpaired) electrons. The fourth-order valence-electron chi connectivity index (χ4n) is 13.7. The Morgan fingerprint density at radius 1 is 0.239 bits per heavy atom. The lowest BCUT2D eigenvalue weighted by molar-refractivity contribution is 0.592. The van der Waals surface area contributed by atoms with Gasteiger partial charge >= 0.3 is 0 Å². The summed E-state index contributed by atoms with van der Waals surface area (Å²) in [6, 6.07) is 110. The highest BCUT2D eigenvalue weighted by molar-refractivity contribution is 7.88. The number of para-hydroxylation sites is 10. The van der Waals surface area contributed by atoms with E-state index in [1.807, 2.05) is 109 Å². The van der Waals surface area contributed by atoms with Crippen molar-refractivity contribution < 1.29 is 9.13 Å². The molecular weight excluding hydrogens is 1120 g/mol. The number of nitrogens with zero attached hydrogens (tertiary/aromatic N) is 7. The highest BCUT2D eigenvalue weighted by atomic mass is 31.2. The van der Waals surface area contributed by atoms with Gasteiger partial charge in [-0.15, -0.1) is 0 Å². The van der Waals surface area contributed by atoms with E-state index < -0.39 is 14.3 Å². The molecule has 0 aliphatic carbocycles. The van der Waals surface area contributed by atoms with Crippen LogP contribution >= 0.6 is 14.3 Å². The van der Waals surface area contributed by atoms with Crippen LogP contribution in [0, 0.1) is 0 Å². The molecule has 4 aliphatic heterocycles. The largest absolute Gasteiger partial charge is 0.310 e. The van der Waals surface area contributed by atoms with Crippen LogP contribution in [-0.2, 0) is 9.13 Å². The second kappa shape index (κ2) is 20.4. The quantitative estimate of drug-likeness (QED) is 0.125. The summed E-state index contributed by atoms with van der Waals surface area (Å²) in [5.74, 6) is 0.966. The van der Waals surface area contributed by atoms with Gasteiger partial charge in [-0.2, -0.15) is 0 Å². The van der Waals surface area contributed by atoms with E-state index in [0.717, 1.165) is 91.0 Å². The number of aromatic nitrogens is 1. The number of hydrogen-bond acceptors (Lipinski definition) is 9. The molecule has 5 heterocycles. The minimum atomic E-state index is -4.06. The molecule has 9 nitrogen and oxygen atoms in total. The van der Waals surface area contributed by atoms with Gasteiger partial charge in [0.15, 0.2) is 25.9 Å². The van der Waals surface area contributed by atoms with E-state index in [9.17, 15) is 0 Å². The summed E-state index contributed by atoms with van der Waals surface area (Å²) in [5.41, 5.74) is 13.6. The second-order valence-electron chi connectivity index (χ2n) is 22.2. The van der Waals surface area contributed by atoms with Gasteiger partial charge in [-0.1, -0.05) is 170 Å². The summed E-state index contributed by atoms with van der Waals surface area (Å²) >= 11 is 0. The number of rotatable bonds is 10. The summed E-state index contributed by atoms with van der Waals surface area (Å²) in [6.45, 7) is 0. The van der Waals surface area contributed by atoms with Crippen molar-refractivity contribution >= 4 is 149 Å². The smallest absolute Gasteiger partial charge is 0.180 e. The van der Waals surface area contributed by atoms with E-state index in [0.29, 0.717) is 43.5 Å². The zero-order chi connectivity index (χ0) is 58.5. The molecule has 0 saturated heterocycles. The summed E-state index contributed by atoms with van der Waals surface area (Å²) in [6.07, 6.45) is 0. The molecular formula is C77H53N7O2P2. The van der Waals surface area contributed by atoms with Crippen molar-refractivity contribution in [1.82, 2.24) is 4.98 Å². The standard InChI is InChI=1S/C77H53N7O2P2/c85-87-70-47-27-25-45-64(70)81(58-37-17-5-18-38-58)66-49-62(79(54-29-9-1-10-30-54)55-31-11-2-12-32-55)51-68(74(66)87)83(60-41-21-7-22-42-60)76-72(87)53-73-77(78-76)84(61-43-23-8-24-44-61)69-52-63(80(56-33-13-3-14-34-56)57-35-15-4-16-36-57)50-67-75(69)88(73,86)71-48-28-26-46-65(71)82(67)59-39-19-6-20-40-59/h1-53H. The van der Waals surface area contributed by atoms with Crippen LogP contribution in [0.5, 0.6) is 0 Å². The van der Waals surface area contributed by atoms with E-state index in [1.165, 1.54) is 0 Å². The molecule has 4 aliphatic rings. The molecule has 2 atom stereocenters. The summed E-state index contributed by atoms with van der Waals surface area (Å²) in [5, 5.41) is 3.68. The number of fused-ring (bicyclic) bond motifs is 8. The van der Waals surface area contributed by atoms with Crippen molar-refractivity contribution in [2.75, 3.05) is 29.4 Å². The van der Waals surface area contributed by atoms with Crippen LogP contribution in [0.25, 0.3) is 0 Å². The van der Waals surface area contributed by atoms with Crippen LogP contribution in [0.2, 0.25) is 0 Å². The summed E-state index contributed by atoms with van der Waals surface area (Å²) in [7, 11) is -8.12. The third-order valence-electron chi connectivity index (χ3n) is 17.3. The lowest BCUT2D eigenvalue weighted by Gasteiger charge is -2.47. The van der Waals surface area contributed by atoms with Gasteiger partial charge in [0.1, 0.15) is 0 Å². The molecule has 418 valence electrons. The Bertz CT molecular complexity index is 4560. The van der Waals surface area contributed by atoms with Crippen LogP contribution in [0.15, 0.2) is 322 Å². The highest BCUT2D eigenvalue weighted by Crippen LogP contribution is 2.66. The molecule has 13 aromatic rings. The average molecular weight is 1170 g/mol. The minimum Gasteiger partial charge on any atom is -0.310 e. The van der Waals surface area contributed by atoms with Crippen LogP contribution in [-0.4, -0.2) is 4.98 Å². The molecule has 0 spiro atoms. The molecule has 1 aromatic heterocycles. The van der Waals surface area contributed by atoms with E-state index in [-0.39, 0.29) is 0 Å². The Kier molecular flexibility index (Phi) is 11.9. The van der Waals surface area contributed by atoms with Crippen molar-refractivity contribution in [1.29, 1.82) is 0 Å². The molecule has 0 bridgehead atoms. The van der Waals surface area contributed by atoms with Crippen LogP contribution < -0.4 is 61.2 Å². The normalized spacial score (nSPS) is 16.3. The summed E-state index contributed by atoms with van der Waals surface area (Å²) in [4.78, 5) is 19.6. The van der Waals surface area contributed by atoms with Crippen molar-refractivity contribution in [2.24, 2.45) is 0 Å². The average Bonchev–Trinajstić information content (AvgIpc) is 0.778. The first-order valence-corrected chi connectivity index (χ1v) is 32.9. The number of pyridine rings is 1. The third kappa shape index (κ3) is 7.71. The topological polar surface area (TPSA) is 66.5 Å². The van der Waals surface area contributed by atoms with Gasteiger partial charge in [0.05, 0.1) is 66.7 Å². The van der Waals surface area contributed by atoms with Gasteiger partial charge in [0.25, 0.3) is 0 Å². The number of benzene rings is 12. The fourth-order valence-corrected chi connectivity index (χ4v) is 20.3. The van der Waals surface area contributed by atoms with Gasteiger partial charge < -0.3 is 28.7 Å². The Labute approximate surface area is 510 Å². The fraction of sp³-hybridized carbons (Fsp3) is 0. The highest BCUT2D eigenvalue weighted by Gasteiger charge is 2.55. The molecule has 11 heteroatoms. The van der Waals surface area contributed by atoms with E-state index >= 15 is 9.13 Å². The molecule has 0 amide bonds. The molecule has 12 aromatic carbocycles. The Morgan fingerprint density at radius 3 is 0.795 bits per heavy atom. The summed E-state index contributed by atoms with van der Waals surface area (Å²) < 4.78 is 36.9. The monoisotopic (exact) mass is 1170 g/mol. The SMILES string of the molecule is O=P12c3ccccc3N(c3ccccc3)c3cc(N(c4ccccc4)c4ccccc4)cc(c31)N(c1ccccc1)c1nc3c(cc12)P1(=O)c2ccccc2N(c2ccccc2)c2cc(N(c4ccccc4)c4ccccc4)cc(c21)N3c1ccccc1. The minimum absolute atomic E-state index is 0.483. The van der Waals surface area contributed by atoms with Gasteiger partial charge in [0, 0.05) is 56.1 Å². The third-order valence-corrected chi connectivity index (χ3v) is 23.6. The Hall–Kier alpha value is -11.0. The van der Waals surface area contributed by atoms with Crippen molar-refractivity contribution in [2.45, 2.75) is 0 Å². The zero-order valence-electron chi connectivity index (χ0n) is 47.4. The molecule has 17 rings (SSSR count). The van der Waals surface area contributed by atoms with Gasteiger partial charge in [-0.05, 0) is 152 Å². The van der Waals surface area contributed by atoms with Gasteiger partial charge in [-0.25, -0.2) is 4.98 Å². The van der Waals surface area contributed by atoms with E-state index in [4.69, 9.17) is 4.98 Å². The van der Waals surface area contributed by atoms with Crippen molar-refractivity contribution in [3.05, 3.63) is 322 Å². The molecule has 88 heavy (non-hydrogen) atoms. The van der Waals surface area contributed by atoms with E-state index in [1.54, 1.807) is 0 Å². The Morgan fingerprint density at radius 2 is 0.489 bits per heavy atom. The second-order valence-corrected chi connectivity index (χ2v) is 27.5. The lowest BCUT2D eigenvalue weighted by Crippen LogP contribution is -2.47. The number of anilines is 18. The maximum atomic E-state index is 18.4. The van der Waals surface area contributed by atoms with Crippen molar-refractivity contribution in [3.63, 3.8) is 0 Å². The first-order chi connectivity index (χ1) is 43.5. The zero-order valence-corrected chi connectivity index (χ0v) is 49.2. The van der Waals surface area contributed by atoms with Crippen LogP contribution in [0.4, 0.5) is 103 Å². The number of hydrogen-bond donors (Lipinski definition) is 0. The molecule has 0 N–H and O–H groups in total. The predicted molar refractivity (Wildman–Crippen MR) is 365 cm³/mol. The first-order valence-electron chi connectivity index (χ1n) is 29.5. The maximum Gasteiger partial charge on any atom is 0.180 e. The van der Waals surface area contributed by atoms with E-state index in [2.05, 4.69) is 242 Å². The molecule has 0 saturated carbocycles. The Balaban J connectivity index is 1.02. The van der Waals surface area contributed by atoms with Crippen LogP contribution in [0.1, 0.15) is 0 Å². The van der Waals surface area contributed by atoms with Crippen molar-refractivity contribution in [3.8, 4) is 0 Å². The first kappa shape index (κ1) is 51.5. The van der Waals surface area contributed by atoms with Gasteiger partial charge in [0.2, 0.25) is 0 Å².